The van der Waals surface area contributed by atoms with E-state index in [4.69, 9.17) is 14.2 Å². The van der Waals surface area contributed by atoms with Crippen molar-refractivity contribution in [3.05, 3.63) is 0 Å². The van der Waals surface area contributed by atoms with E-state index in [1.54, 1.807) is 0 Å². The van der Waals surface area contributed by atoms with E-state index in [1.165, 1.54) is 64.2 Å². The second-order valence-corrected chi connectivity index (χ2v) is 10.4. The van der Waals surface area contributed by atoms with Crippen LogP contribution in [-0.4, -0.2) is 45.8 Å². The largest absolute Gasteiger partial charge is 0.451 e. The highest BCUT2D eigenvalue weighted by Gasteiger charge is 2.58. The van der Waals surface area contributed by atoms with Crippen molar-refractivity contribution in [3.8, 4) is 0 Å². The number of ether oxygens (including phenoxy) is 3. The lowest BCUT2D eigenvalue weighted by molar-refractivity contribution is -0.363. The topological polar surface area (TPSA) is 119 Å². The number of carbonyl (C=O) groups is 3. The molecule has 0 aromatic rings. The summed E-state index contributed by atoms with van der Waals surface area (Å²) in [4.78, 5) is 36.2. The fourth-order valence-electron chi connectivity index (χ4n) is 4.61. The number of esters is 3. The number of hydrogen-bond acceptors (Lipinski definition) is 8. The highest BCUT2D eigenvalue weighted by atomic mass is 16.9. The van der Waals surface area contributed by atoms with Crippen molar-refractivity contribution in [1.82, 2.24) is 0 Å². The van der Waals surface area contributed by atoms with Crippen LogP contribution in [0.2, 0.25) is 0 Å². The van der Waals surface area contributed by atoms with Crippen molar-refractivity contribution in [1.29, 1.82) is 0 Å². The van der Waals surface area contributed by atoms with Gasteiger partial charge in [-0.2, -0.15) is 0 Å². The molecule has 2 rings (SSSR count). The van der Waals surface area contributed by atoms with Gasteiger partial charge < -0.3 is 24.4 Å². The van der Waals surface area contributed by atoms with E-state index >= 15 is 0 Å². The van der Waals surface area contributed by atoms with E-state index in [-0.39, 0.29) is 6.42 Å². The molecule has 0 radical (unpaired) electrons. The second-order valence-electron chi connectivity index (χ2n) is 10.4. The summed E-state index contributed by atoms with van der Waals surface area (Å²) in [5.74, 6) is -5.04. The first-order valence-electron chi connectivity index (χ1n) is 13.2. The van der Waals surface area contributed by atoms with Gasteiger partial charge in [0.25, 0.3) is 0 Å². The van der Waals surface area contributed by atoms with Gasteiger partial charge in [0.2, 0.25) is 6.10 Å². The van der Waals surface area contributed by atoms with Crippen LogP contribution in [0.1, 0.15) is 123 Å². The van der Waals surface area contributed by atoms with Crippen LogP contribution in [0.4, 0.5) is 0 Å². The predicted molar refractivity (Wildman–Crippen MR) is 125 cm³/mol. The Bertz CT molecular complexity index is 663. The molecule has 0 spiro atoms. The number of cyclic esters (lactones) is 1. The summed E-state index contributed by atoms with van der Waals surface area (Å²) in [5, 5.41) is 20.8. The minimum Gasteiger partial charge on any atom is -0.451 e. The van der Waals surface area contributed by atoms with Gasteiger partial charge in [0.1, 0.15) is 0 Å². The Labute approximate surface area is 203 Å². The Kier molecular flexibility index (Phi) is 11.8. The molecular formula is C26H44O8. The molecule has 2 aliphatic heterocycles. The Morgan fingerprint density at radius 3 is 1.74 bits per heavy atom. The Morgan fingerprint density at radius 2 is 1.21 bits per heavy atom. The number of fused-ring (bicyclic) bond motifs is 3. The molecule has 0 aromatic carbocycles. The lowest BCUT2D eigenvalue weighted by Gasteiger charge is -2.34. The number of carbonyl (C=O) groups excluding carboxylic acids is 3. The highest BCUT2D eigenvalue weighted by molar-refractivity contribution is 5.91. The second kappa shape index (κ2) is 14.0. The van der Waals surface area contributed by atoms with Gasteiger partial charge in [0, 0.05) is 0 Å². The van der Waals surface area contributed by atoms with E-state index in [9.17, 15) is 24.6 Å². The van der Waals surface area contributed by atoms with Crippen LogP contribution in [0.5, 0.6) is 0 Å². The van der Waals surface area contributed by atoms with Gasteiger partial charge in [0.05, 0.1) is 12.8 Å². The lowest BCUT2D eigenvalue weighted by Crippen LogP contribution is -2.55. The maximum atomic E-state index is 12.2. The molecule has 2 fully saturated rings. The van der Waals surface area contributed by atoms with Gasteiger partial charge in [-0.25, -0.2) is 4.79 Å². The van der Waals surface area contributed by atoms with Crippen molar-refractivity contribution >= 4 is 17.9 Å². The molecular weight excluding hydrogens is 440 g/mol. The molecule has 0 aromatic heterocycles. The van der Waals surface area contributed by atoms with Crippen molar-refractivity contribution < 1.29 is 38.8 Å². The zero-order valence-electron chi connectivity index (χ0n) is 21.0. The molecule has 34 heavy (non-hydrogen) atoms. The third kappa shape index (κ3) is 9.53. The van der Waals surface area contributed by atoms with Gasteiger partial charge in [-0.1, -0.05) is 97.3 Å². The number of hydrogen-bond donors (Lipinski definition) is 2. The van der Waals surface area contributed by atoms with E-state index in [0.717, 1.165) is 25.2 Å². The standard InChI is InChI=1S/C26H44O8/c1-20(2)16-14-12-10-8-6-4-3-5-7-9-11-13-15-17-21-26(31)33-23(28)19-25(30,24(29)34-26)18-22(27)32-21/h20-21,30-31H,3-19H2,1-2H3. The first-order valence-corrected chi connectivity index (χ1v) is 13.2. The van der Waals surface area contributed by atoms with Crippen LogP contribution in [0, 0.1) is 5.92 Å². The molecule has 2 aliphatic rings. The third-order valence-corrected chi connectivity index (χ3v) is 6.68. The summed E-state index contributed by atoms with van der Waals surface area (Å²) in [6.45, 7) is 4.57. The molecule has 2 bridgehead atoms. The van der Waals surface area contributed by atoms with Gasteiger partial charge >= 0.3 is 23.9 Å². The molecule has 0 aliphatic carbocycles. The quantitative estimate of drug-likeness (QED) is 0.239. The molecule has 2 N–H and O–H groups in total. The van der Waals surface area contributed by atoms with Crippen LogP contribution >= 0.6 is 0 Å². The van der Waals surface area contributed by atoms with Crippen molar-refractivity contribution in [2.45, 2.75) is 141 Å². The fourth-order valence-corrected chi connectivity index (χ4v) is 4.61. The first kappa shape index (κ1) is 28.6. The number of aliphatic hydroxyl groups is 2. The highest BCUT2D eigenvalue weighted by Crippen LogP contribution is 2.35. The van der Waals surface area contributed by atoms with E-state index < -0.39 is 48.4 Å². The molecule has 2 heterocycles. The molecule has 0 saturated carbocycles. The number of unbranched alkanes of at least 4 members (excludes halogenated alkanes) is 12. The van der Waals surface area contributed by atoms with Crippen LogP contribution in [0.15, 0.2) is 0 Å². The summed E-state index contributed by atoms with van der Waals surface area (Å²) in [7, 11) is 0. The lowest BCUT2D eigenvalue weighted by atomic mass is 9.95. The van der Waals surface area contributed by atoms with Gasteiger partial charge in [-0.3, -0.25) is 9.59 Å². The molecule has 2 saturated heterocycles. The summed E-state index contributed by atoms with van der Waals surface area (Å²) in [5.41, 5.74) is -2.38. The van der Waals surface area contributed by atoms with Gasteiger partial charge in [-0.15, -0.1) is 0 Å². The molecule has 0 amide bonds. The average Bonchev–Trinajstić information content (AvgIpc) is 2.79. The van der Waals surface area contributed by atoms with E-state index in [2.05, 4.69) is 13.8 Å². The summed E-state index contributed by atoms with van der Waals surface area (Å²) >= 11 is 0. The molecule has 3 atom stereocenters. The molecule has 8 nitrogen and oxygen atoms in total. The summed E-state index contributed by atoms with van der Waals surface area (Å²) in [6, 6.07) is 0. The zero-order valence-corrected chi connectivity index (χ0v) is 21.0. The zero-order chi connectivity index (χ0) is 25.0. The predicted octanol–water partition coefficient (Wildman–Crippen LogP) is 4.68. The van der Waals surface area contributed by atoms with Crippen molar-refractivity contribution in [2.24, 2.45) is 5.92 Å². The Morgan fingerprint density at radius 1 is 0.735 bits per heavy atom. The molecule has 196 valence electrons. The van der Waals surface area contributed by atoms with Gasteiger partial charge in [0.15, 0.2) is 5.60 Å². The average molecular weight is 485 g/mol. The Hall–Kier alpha value is -1.67. The SMILES string of the molecule is CC(C)CCCCCCCCCCCCCCCC1OC(=O)CC2(O)CC(=O)OC1(O)OC2=O. The smallest absolute Gasteiger partial charge is 0.413 e. The van der Waals surface area contributed by atoms with Crippen LogP contribution in [-0.2, 0) is 28.6 Å². The Balaban J connectivity index is 1.56. The maximum absolute atomic E-state index is 12.2. The van der Waals surface area contributed by atoms with E-state index in [0.29, 0.717) is 6.42 Å². The first-order chi connectivity index (χ1) is 16.1. The van der Waals surface area contributed by atoms with Crippen LogP contribution < -0.4 is 0 Å². The molecule has 3 unspecified atom stereocenters. The van der Waals surface area contributed by atoms with Crippen LogP contribution in [0.25, 0.3) is 0 Å². The normalized spacial score (nSPS) is 27.1. The summed E-state index contributed by atoms with van der Waals surface area (Å²) in [6.07, 6.45) is 14.1. The molecule has 8 heteroatoms. The van der Waals surface area contributed by atoms with Crippen molar-refractivity contribution in [3.63, 3.8) is 0 Å². The minimum absolute atomic E-state index is 0.179. The van der Waals surface area contributed by atoms with Gasteiger partial charge in [-0.05, 0) is 18.8 Å². The number of rotatable bonds is 16. The van der Waals surface area contributed by atoms with E-state index in [1.807, 2.05) is 0 Å². The minimum atomic E-state index is -2.71. The van der Waals surface area contributed by atoms with Crippen molar-refractivity contribution in [2.75, 3.05) is 0 Å². The summed E-state index contributed by atoms with van der Waals surface area (Å²) < 4.78 is 14.9. The monoisotopic (exact) mass is 484 g/mol. The maximum Gasteiger partial charge on any atom is 0.413 e. The van der Waals surface area contributed by atoms with Crippen LogP contribution in [0.3, 0.4) is 0 Å². The fraction of sp³-hybridized carbons (Fsp3) is 0.885. The third-order valence-electron chi connectivity index (χ3n) is 6.68.